The van der Waals surface area contributed by atoms with E-state index in [9.17, 15) is 10.1 Å². The third kappa shape index (κ3) is 3.52. The molecule has 1 aliphatic carbocycles. The zero-order valence-corrected chi connectivity index (χ0v) is 12.7. The van der Waals surface area contributed by atoms with Crippen LogP contribution in [0.25, 0.3) is 0 Å². The second-order valence-electron chi connectivity index (χ2n) is 6.37. The normalized spacial score (nSPS) is 26.7. The van der Waals surface area contributed by atoms with E-state index in [1.807, 2.05) is 0 Å². The summed E-state index contributed by atoms with van der Waals surface area (Å²) in [6, 6.07) is 2.33. The van der Waals surface area contributed by atoms with E-state index in [1.165, 1.54) is 0 Å². The fourth-order valence-electron chi connectivity index (χ4n) is 3.49. The molecule has 2 fully saturated rings. The van der Waals surface area contributed by atoms with Gasteiger partial charge in [0.25, 0.3) is 0 Å². The van der Waals surface area contributed by atoms with Gasteiger partial charge < -0.3 is 10.2 Å². The molecule has 2 rings (SSSR count). The summed E-state index contributed by atoms with van der Waals surface area (Å²) in [7, 11) is 0. The first-order valence-corrected chi connectivity index (χ1v) is 8.12. The van der Waals surface area contributed by atoms with Crippen LogP contribution in [0, 0.1) is 22.7 Å². The number of likely N-dealkylation sites (tertiary alicyclic amines) is 1. The van der Waals surface area contributed by atoms with Crippen molar-refractivity contribution in [3.63, 3.8) is 0 Å². The van der Waals surface area contributed by atoms with Crippen molar-refractivity contribution >= 4 is 5.91 Å². The van der Waals surface area contributed by atoms with E-state index in [0.29, 0.717) is 5.92 Å². The van der Waals surface area contributed by atoms with Crippen molar-refractivity contribution in [2.75, 3.05) is 26.2 Å². The third-order valence-corrected chi connectivity index (χ3v) is 4.97. The van der Waals surface area contributed by atoms with Crippen molar-refractivity contribution in [3.8, 4) is 6.07 Å². The summed E-state index contributed by atoms with van der Waals surface area (Å²) in [5, 5.41) is 12.6. The minimum absolute atomic E-state index is 0.0168. The number of carbonyl (C=O) groups is 1. The predicted molar refractivity (Wildman–Crippen MR) is 79.0 cm³/mol. The van der Waals surface area contributed by atoms with Gasteiger partial charge in [0.1, 0.15) is 5.41 Å². The zero-order chi connectivity index (χ0) is 14.4. The fraction of sp³-hybridized carbons (Fsp3) is 0.875. The van der Waals surface area contributed by atoms with E-state index in [-0.39, 0.29) is 5.91 Å². The van der Waals surface area contributed by atoms with Gasteiger partial charge in [0.05, 0.1) is 6.07 Å². The summed E-state index contributed by atoms with van der Waals surface area (Å²) in [5.41, 5.74) is -0.750. The van der Waals surface area contributed by atoms with Gasteiger partial charge in [-0.15, -0.1) is 0 Å². The summed E-state index contributed by atoms with van der Waals surface area (Å²) in [6.45, 7) is 6.22. The lowest BCUT2D eigenvalue weighted by molar-refractivity contribution is -0.129. The molecule has 1 saturated heterocycles. The summed E-state index contributed by atoms with van der Waals surface area (Å²) < 4.78 is 0. The van der Waals surface area contributed by atoms with Crippen LogP contribution in [0.5, 0.6) is 0 Å². The van der Waals surface area contributed by atoms with Crippen LogP contribution in [-0.2, 0) is 4.79 Å². The smallest absolute Gasteiger partial charge is 0.240 e. The lowest BCUT2D eigenvalue weighted by Crippen LogP contribution is -2.42. The number of carbonyl (C=O) groups excluding carboxylic acids is 1. The topological polar surface area (TPSA) is 56.1 Å². The van der Waals surface area contributed by atoms with Gasteiger partial charge in [0, 0.05) is 13.1 Å². The molecule has 20 heavy (non-hydrogen) atoms. The highest BCUT2D eigenvalue weighted by Gasteiger charge is 2.39. The maximum absolute atomic E-state index is 12.5. The Kier molecular flexibility index (Phi) is 5.42. The van der Waals surface area contributed by atoms with Gasteiger partial charge in [-0.3, -0.25) is 4.79 Å². The van der Waals surface area contributed by atoms with E-state index < -0.39 is 5.41 Å². The quantitative estimate of drug-likeness (QED) is 0.802. The zero-order valence-electron chi connectivity index (χ0n) is 12.7. The molecule has 4 nitrogen and oxygen atoms in total. The fourth-order valence-corrected chi connectivity index (χ4v) is 3.49. The highest BCUT2D eigenvalue weighted by Crippen LogP contribution is 2.34. The predicted octanol–water partition coefficient (Wildman–Crippen LogP) is 2.31. The number of hydrogen-bond acceptors (Lipinski definition) is 3. The Bertz CT molecular complexity index is 366. The lowest BCUT2D eigenvalue weighted by atomic mass is 9.81. The molecule has 1 heterocycles. The molecule has 0 radical (unpaired) electrons. The highest BCUT2D eigenvalue weighted by molar-refractivity contribution is 5.85. The van der Waals surface area contributed by atoms with Gasteiger partial charge in [-0.25, -0.2) is 0 Å². The Labute approximate surface area is 122 Å². The summed E-state index contributed by atoms with van der Waals surface area (Å²) in [4.78, 5) is 14.9. The molecular weight excluding hydrogens is 250 g/mol. The molecular formula is C16H27N3O. The number of nitriles is 1. The van der Waals surface area contributed by atoms with Gasteiger partial charge in [0.15, 0.2) is 0 Å². The molecule has 0 spiro atoms. The molecule has 1 amide bonds. The molecule has 1 N–H and O–H groups in total. The van der Waals surface area contributed by atoms with Crippen molar-refractivity contribution in [2.45, 2.75) is 51.9 Å². The van der Waals surface area contributed by atoms with Crippen LogP contribution in [0.3, 0.4) is 0 Å². The van der Waals surface area contributed by atoms with Crippen LogP contribution in [0.4, 0.5) is 0 Å². The molecule has 0 aromatic heterocycles. The van der Waals surface area contributed by atoms with E-state index >= 15 is 0 Å². The van der Waals surface area contributed by atoms with Crippen molar-refractivity contribution in [3.05, 3.63) is 0 Å². The van der Waals surface area contributed by atoms with Crippen LogP contribution < -0.4 is 5.32 Å². The molecule has 0 aromatic rings. The minimum atomic E-state index is -0.750. The molecule has 4 heteroatoms. The van der Waals surface area contributed by atoms with Gasteiger partial charge in [-0.2, -0.15) is 5.26 Å². The Morgan fingerprint density at radius 1 is 1.35 bits per heavy atom. The van der Waals surface area contributed by atoms with Crippen LogP contribution >= 0.6 is 0 Å². The third-order valence-electron chi connectivity index (χ3n) is 4.97. The van der Waals surface area contributed by atoms with Crippen LogP contribution in [-0.4, -0.2) is 37.0 Å². The van der Waals surface area contributed by atoms with Gasteiger partial charge in [-0.1, -0.05) is 32.6 Å². The SMILES string of the molecule is CCN1CCC(CNC(=O)C2(C#N)CCCCCC2)C1. The van der Waals surface area contributed by atoms with E-state index in [0.717, 1.165) is 71.1 Å². The monoisotopic (exact) mass is 277 g/mol. The second-order valence-corrected chi connectivity index (χ2v) is 6.37. The minimum Gasteiger partial charge on any atom is -0.354 e. The average Bonchev–Trinajstić information content (AvgIpc) is 2.80. The maximum Gasteiger partial charge on any atom is 0.240 e. The first-order valence-electron chi connectivity index (χ1n) is 8.12. The highest BCUT2D eigenvalue weighted by atomic mass is 16.2. The van der Waals surface area contributed by atoms with E-state index in [2.05, 4.69) is 23.2 Å². The molecule has 1 saturated carbocycles. The Balaban J connectivity index is 1.85. The Morgan fingerprint density at radius 3 is 2.60 bits per heavy atom. The van der Waals surface area contributed by atoms with Crippen molar-refractivity contribution in [1.29, 1.82) is 5.26 Å². The molecule has 0 bridgehead atoms. The number of nitrogens with one attached hydrogen (secondary N) is 1. The lowest BCUT2D eigenvalue weighted by Gasteiger charge is -2.24. The number of hydrogen-bond donors (Lipinski definition) is 1. The van der Waals surface area contributed by atoms with Crippen molar-refractivity contribution in [2.24, 2.45) is 11.3 Å². The van der Waals surface area contributed by atoms with Crippen LogP contribution in [0.1, 0.15) is 51.9 Å². The first kappa shape index (κ1) is 15.3. The molecule has 1 atom stereocenters. The van der Waals surface area contributed by atoms with Crippen LogP contribution in [0.2, 0.25) is 0 Å². The molecule has 112 valence electrons. The summed E-state index contributed by atoms with van der Waals surface area (Å²) in [6.07, 6.45) is 6.97. The van der Waals surface area contributed by atoms with Gasteiger partial charge >= 0.3 is 0 Å². The Morgan fingerprint density at radius 2 is 2.05 bits per heavy atom. The largest absolute Gasteiger partial charge is 0.354 e. The molecule has 0 aromatic carbocycles. The average molecular weight is 277 g/mol. The maximum atomic E-state index is 12.5. The van der Waals surface area contributed by atoms with E-state index in [1.54, 1.807) is 0 Å². The number of rotatable bonds is 4. The van der Waals surface area contributed by atoms with Gasteiger partial charge in [0.2, 0.25) is 5.91 Å². The summed E-state index contributed by atoms with van der Waals surface area (Å²) >= 11 is 0. The molecule has 1 aliphatic heterocycles. The summed E-state index contributed by atoms with van der Waals surface area (Å²) in [5.74, 6) is 0.539. The van der Waals surface area contributed by atoms with Crippen molar-refractivity contribution in [1.82, 2.24) is 10.2 Å². The Hall–Kier alpha value is -1.08. The van der Waals surface area contributed by atoms with Gasteiger partial charge in [-0.05, 0) is 38.3 Å². The number of amides is 1. The standard InChI is InChI=1S/C16H27N3O/c1-2-19-10-7-14(12-19)11-18-15(20)16(13-17)8-5-3-4-6-9-16/h14H,2-12H2,1H3,(H,18,20). The van der Waals surface area contributed by atoms with E-state index in [4.69, 9.17) is 0 Å². The second kappa shape index (κ2) is 7.08. The molecule has 1 unspecified atom stereocenters. The molecule has 2 aliphatic rings. The first-order chi connectivity index (χ1) is 9.70. The van der Waals surface area contributed by atoms with Crippen molar-refractivity contribution < 1.29 is 4.79 Å². The number of nitrogens with zero attached hydrogens (tertiary/aromatic N) is 2. The van der Waals surface area contributed by atoms with Crippen LogP contribution in [0.15, 0.2) is 0 Å².